The summed E-state index contributed by atoms with van der Waals surface area (Å²) in [5.41, 5.74) is 1.08. The van der Waals surface area contributed by atoms with Crippen LogP contribution >= 0.6 is 0 Å². The lowest BCUT2D eigenvalue weighted by atomic mass is 10.3. The summed E-state index contributed by atoms with van der Waals surface area (Å²) in [6.07, 6.45) is 0. The predicted molar refractivity (Wildman–Crippen MR) is 60.4 cm³/mol. The minimum atomic E-state index is 0.927. The Morgan fingerprint density at radius 2 is 1.69 bits per heavy atom. The molecule has 0 bridgehead atoms. The summed E-state index contributed by atoms with van der Waals surface area (Å²) in [5, 5.41) is 3.14. The zero-order valence-corrected chi connectivity index (χ0v) is 8.83. The molecule has 2 nitrogen and oxygen atoms in total. The normalized spacial score (nSPS) is 10.0. The molecule has 0 saturated carbocycles. The van der Waals surface area contributed by atoms with Gasteiger partial charge in [0, 0.05) is 12.7 Å². The lowest BCUT2D eigenvalue weighted by Gasteiger charge is -2.02. The molecule has 0 heterocycles. The number of hydrogen-bond donors (Lipinski definition) is 1. The SMILES string of the molecule is CC.CN=C(C)Nc1ccccc1. The Kier molecular flexibility index (Phi) is 6.60. The average molecular weight is 178 g/mol. The first-order valence-corrected chi connectivity index (χ1v) is 4.58. The van der Waals surface area contributed by atoms with Gasteiger partial charge in [0.25, 0.3) is 0 Å². The third-order valence-electron chi connectivity index (χ3n) is 1.43. The van der Waals surface area contributed by atoms with Crippen molar-refractivity contribution in [1.82, 2.24) is 0 Å². The molecule has 0 fully saturated rings. The molecule has 0 atom stereocenters. The van der Waals surface area contributed by atoms with Crippen molar-refractivity contribution < 1.29 is 0 Å². The van der Waals surface area contributed by atoms with E-state index in [4.69, 9.17) is 0 Å². The summed E-state index contributed by atoms with van der Waals surface area (Å²) < 4.78 is 0. The van der Waals surface area contributed by atoms with Crippen LogP contribution in [0.1, 0.15) is 20.8 Å². The number of nitrogens with zero attached hydrogens (tertiary/aromatic N) is 1. The van der Waals surface area contributed by atoms with Gasteiger partial charge in [-0.25, -0.2) is 0 Å². The number of amidine groups is 1. The first kappa shape index (κ1) is 11.7. The number of aliphatic imine (C=N–C) groups is 1. The fourth-order valence-electron chi connectivity index (χ4n) is 0.786. The van der Waals surface area contributed by atoms with E-state index in [1.54, 1.807) is 7.05 Å². The molecular formula is C11H18N2. The number of para-hydroxylation sites is 1. The van der Waals surface area contributed by atoms with E-state index in [-0.39, 0.29) is 0 Å². The molecule has 13 heavy (non-hydrogen) atoms. The smallest absolute Gasteiger partial charge is 0.0972 e. The van der Waals surface area contributed by atoms with E-state index in [9.17, 15) is 0 Å². The summed E-state index contributed by atoms with van der Waals surface area (Å²) >= 11 is 0. The van der Waals surface area contributed by atoms with Crippen molar-refractivity contribution in [2.24, 2.45) is 4.99 Å². The second-order valence-corrected chi connectivity index (χ2v) is 2.30. The number of nitrogens with one attached hydrogen (secondary N) is 1. The highest BCUT2D eigenvalue weighted by Gasteiger charge is 1.88. The standard InChI is InChI=1S/C9H12N2.C2H6/c1-8(10-2)11-9-6-4-3-5-7-9;1-2/h3-7H,1-2H3,(H,10,11);1-2H3. The van der Waals surface area contributed by atoms with Crippen LogP contribution in [0.25, 0.3) is 0 Å². The molecule has 0 aliphatic rings. The Morgan fingerprint density at radius 1 is 1.15 bits per heavy atom. The molecule has 0 amide bonds. The second kappa shape index (κ2) is 7.35. The third-order valence-corrected chi connectivity index (χ3v) is 1.43. The van der Waals surface area contributed by atoms with Crippen LogP contribution in [0.5, 0.6) is 0 Å². The van der Waals surface area contributed by atoms with Crippen LogP contribution in [0.15, 0.2) is 35.3 Å². The van der Waals surface area contributed by atoms with Crippen molar-refractivity contribution in [3.05, 3.63) is 30.3 Å². The summed E-state index contributed by atoms with van der Waals surface area (Å²) in [6.45, 7) is 5.94. The largest absolute Gasteiger partial charge is 0.344 e. The van der Waals surface area contributed by atoms with Gasteiger partial charge in [0.2, 0.25) is 0 Å². The van der Waals surface area contributed by atoms with E-state index in [0.29, 0.717) is 0 Å². The van der Waals surface area contributed by atoms with Gasteiger partial charge in [-0.05, 0) is 19.1 Å². The summed E-state index contributed by atoms with van der Waals surface area (Å²) in [5.74, 6) is 0.927. The van der Waals surface area contributed by atoms with E-state index < -0.39 is 0 Å². The molecule has 0 saturated heterocycles. The van der Waals surface area contributed by atoms with Crippen LogP contribution in [-0.2, 0) is 0 Å². The minimum absolute atomic E-state index is 0.927. The monoisotopic (exact) mass is 178 g/mol. The topological polar surface area (TPSA) is 24.4 Å². The quantitative estimate of drug-likeness (QED) is 0.518. The Morgan fingerprint density at radius 3 is 2.15 bits per heavy atom. The van der Waals surface area contributed by atoms with Crippen LogP contribution in [0.3, 0.4) is 0 Å². The molecule has 0 aliphatic heterocycles. The molecule has 0 spiro atoms. The molecule has 0 unspecified atom stereocenters. The van der Waals surface area contributed by atoms with Gasteiger partial charge >= 0.3 is 0 Å². The van der Waals surface area contributed by atoms with Crippen LogP contribution in [0, 0.1) is 0 Å². The third kappa shape index (κ3) is 5.01. The fourth-order valence-corrected chi connectivity index (χ4v) is 0.786. The summed E-state index contributed by atoms with van der Waals surface area (Å²) in [7, 11) is 1.77. The van der Waals surface area contributed by atoms with E-state index in [0.717, 1.165) is 11.5 Å². The highest BCUT2D eigenvalue weighted by atomic mass is 15.0. The van der Waals surface area contributed by atoms with Gasteiger partial charge in [0.15, 0.2) is 0 Å². The van der Waals surface area contributed by atoms with Crippen molar-refractivity contribution in [3.63, 3.8) is 0 Å². The Balaban J connectivity index is 0.000000671. The van der Waals surface area contributed by atoms with Crippen molar-refractivity contribution >= 4 is 11.5 Å². The molecule has 2 heteroatoms. The Hall–Kier alpha value is -1.31. The minimum Gasteiger partial charge on any atom is -0.344 e. The Labute approximate surface area is 80.7 Å². The van der Waals surface area contributed by atoms with Gasteiger partial charge < -0.3 is 5.32 Å². The average Bonchev–Trinajstić information content (AvgIpc) is 2.22. The van der Waals surface area contributed by atoms with Gasteiger partial charge in [-0.15, -0.1) is 0 Å². The van der Waals surface area contributed by atoms with Gasteiger partial charge in [0.1, 0.15) is 0 Å². The zero-order chi connectivity index (χ0) is 10.1. The maximum absolute atomic E-state index is 3.99. The molecule has 0 aliphatic carbocycles. The van der Waals surface area contributed by atoms with Crippen molar-refractivity contribution in [2.75, 3.05) is 12.4 Å². The number of anilines is 1. The van der Waals surface area contributed by atoms with E-state index in [1.807, 2.05) is 51.1 Å². The molecule has 0 radical (unpaired) electrons. The maximum atomic E-state index is 3.99. The first-order chi connectivity index (χ1) is 6.33. The van der Waals surface area contributed by atoms with Crippen LogP contribution in [0.4, 0.5) is 5.69 Å². The lowest BCUT2D eigenvalue weighted by Crippen LogP contribution is -2.05. The van der Waals surface area contributed by atoms with Crippen LogP contribution < -0.4 is 5.32 Å². The molecule has 1 aromatic carbocycles. The van der Waals surface area contributed by atoms with E-state index in [1.165, 1.54) is 0 Å². The number of benzene rings is 1. The van der Waals surface area contributed by atoms with Crippen molar-refractivity contribution in [1.29, 1.82) is 0 Å². The summed E-state index contributed by atoms with van der Waals surface area (Å²) in [4.78, 5) is 3.99. The van der Waals surface area contributed by atoms with Gasteiger partial charge in [-0.2, -0.15) is 0 Å². The number of rotatable bonds is 1. The second-order valence-electron chi connectivity index (χ2n) is 2.30. The maximum Gasteiger partial charge on any atom is 0.0972 e. The van der Waals surface area contributed by atoms with Gasteiger partial charge in [-0.1, -0.05) is 32.0 Å². The van der Waals surface area contributed by atoms with Crippen molar-refractivity contribution in [2.45, 2.75) is 20.8 Å². The molecule has 1 N–H and O–H groups in total. The summed E-state index contributed by atoms with van der Waals surface area (Å²) in [6, 6.07) is 9.99. The lowest BCUT2D eigenvalue weighted by molar-refractivity contribution is 1.40. The Bertz CT molecular complexity index is 240. The molecule has 1 aromatic rings. The molecular weight excluding hydrogens is 160 g/mol. The predicted octanol–water partition coefficient (Wildman–Crippen LogP) is 3.17. The highest BCUT2D eigenvalue weighted by Crippen LogP contribution is 2.04. The molecule has 1 rings (SSSR count). The van der Waals surface area contributed by atoms with E-state index in [2.05, 4.69) is 10.3 Å². The van der Waals surface area contributed by atoms with Crippen LogP contribution in [0.2, 0.25) is 0 Å². The molecule has 0 aromatic heterocycles. The number of hydrogen-bond acceptors (Lipinski definition) is 1. The van der Waals surface area contributed by atoms with E-state index >= 15 is 0 Å². The van der Waals surface area contributed by atoms with Crippen LogP contribution in [-0.4, -0.2) is 12.9 Å². The van der Waals surface area contributed by atoms with Crippen molar-refractivity contribution in [3.8, 4) is 0 Å². The van der Waals surface area contributed by atoms with Gasteiger partial charge in [0.05, 0.1) is 5.84 Å². The zero-order valence-electron chi connectivity index (χ0n) is 8.83. The molecule has 72 valence electrons. The fraction of sp³-hybridized carbons (Fsp3) is 0.364. The first-order valence-electron chi connectivity index (χ1n) is 4.58. The van der Waals surface area contributed by atoms with Gasteiger partial charge in [-0.3, -0.25) is 4.99 Å². The highest BCUT2D eigenvalue weighted by molar-refractivity contribution is 5.93.